The van der Waals surface area contributed by atoms with E-state index in [0.717, 1.165) is 19.1 Å². The second-order valence-corrected chi connectivity index (χ2v) is 6.06. The Morgan fingerprint density at radius 2 is 2.00 bits per heavy atom. The highest BCUT2D eigenvalue weighted by Gasteiger charge is 2.30. The van der Waals surface area contributed by atoms with E-state index in [0.29, 0.717) is 12.5 Å². The van der Waals surface area contributed by atoms with Crippen LogP contribution < -0.4 is 5.32 Å². The Hall–Kier alpha value is -0.610. The highest BCUT2D eigenvalue weighted by Crippen LogP contribution is 2.26. The summed E-state index contributed by atoms with van der Waals surface area (Å²) in [5, 5.41) is 3.50. The molecule has 0 bridgehead atoms. The molecule has 0 spiro atoms. The fraction of sp³-hybridized carbons (Fsp3) is 0.933. The molecular weight excluding hydrogens is 240 g/mol. The number of hydrogen-bond acceptors (Lipinski definition) is 4. The van der Waals surface area contributed by atoms with Crippen LogP contribution in [0.15, 0.2) is 0 Å². The van der Waals surface area contributed by atoms with Crippen molar-refractivity contribution < 1.29 is 9.53 Å². The smallest absolute Gasteiger partial charge is 0.307 e. The monoisotopic (exact) mass is 268 g/mol. The van der Waals surface area contributed by atoms with Crippen molar-refractivity contribution in [3.63, 3.8) is 0 Å². The molecule has 1 heterocycles. The van der Waals surface area contributed by atoms with Gasteiger partial charge >= 0.3 is 5.97 Å². The van der Waals surface area contributed by atoms with Crippen LogP contribution in [0.25, 0.3) is 0 Å². The van der Waals surface area contributed by atoms with Crippen LogP contribution in [0.5, 0.6) is 0 Å². The lowest BCUT2D eigenvalue weighted by Crippen LogP contribution is -2.47. The Bertz CT molecular complexity index is 290. The SMILES string of the molecule is COC(=O)CC1CN(C2CCCCC2)C(C)CCN1. The van der Waals surface area contributed by atoms with E-state index in [2.05, 4.69) is 17.1 Å². The molecule has 0 radical (unpaired) electrons. The molecule has 4 heteroatoms. The molecule has 2 fully saturated rings. The maximum absolute atomic E-state index is 11.5. The van der Waals surface area contributed by atoms with Crippen molar-refractivity contribution in [2.75, 3.05) is 20.2 Å². The van der Waals surface area contributed by atoms with E-state index < -0.39 is 0 Å². The first-order valence-corrected chi connectivity index (χ1v) is 7.76. The van der Waals surface area contributed by atoms with E-state index >= 15 is 0 Å². The quantitative estimate of drug-likeness (QED) is 0.794. The van der Waals surface area contributed by atoms with E-state index in [1.807, 2.05) is 0 Å². The lowest BCUT2D eigenvalue weighted by atomic mass is 9.92. The van der Waals surface area contributed by atoms with Crippen molar-refractivity contribution in [2.45, 2.75) is 70.0 Å². The first-order valence-electron chi connectivity index (χ1n) is 7.76. The Balaban J connectivity index is 1.95. The van der Waals surface area contributed by atoms with E-state index in [4.69, 9.17) is 4.74 Å². The normalized spacial score (nSPS) is 30.8. The molecule has 0 amide bonds. The molecular formula is C15H28N2O2. The summed E-state index contributed by atoms with van der Waals surface area (Å²) in [6.07, 6.45) is 8.44. The van der Waals surface area contributed by atoms with Gasteiger partial charge in [0.15, 0.2) is 0 Å². The van der Waals surface area contributed by atoms with Crippen LogP contribution in [-0.2, 0) is 9.53 Å². The van der Waals surface area contributed by atoms with Gasteiger partial charge in [-0.15, -0.1) is 0 Å². The molecule has 2 unspecified atom stereocenters. The lowest BCUT2D eigenvalue weighted by molar-refractivity contribution is -0.141. The van der Waals surface area contributed by atoms with E-state index in [1.165, 1.54) is 45.6 Å². The lowest BCUT2D eigenvalue weighted by Gasteiger charge is -2.38. The highest BCUT2D eigenvalue weighted by atomic mass is 16.5. The van der Waals surface area contributed by atoms with Crippen LogP contribution in [0.2, 0.25) is 0 Å². The molecule has 19 heavy (non-hydrogen) atoms. The number of carbonyl (C=O) groups is 1. The van der Waals surface area contributed by atoms with Gasteiger partial charge in [-0.2, -0.15) is 0 Å². The fourth-order valence-electron chi connectivity index (χ4n) is 3.50. The Labute approximate surface area is 116 Å². The second-order valence-electron chi connectivity index (χ2n) is 6.06. The summed E-state index contributed by atoms with van der Waals surface area (Å²) in [5.41, 5.74) is 0. The molecule has 1 saturated heterocycles. The van der Waals surface area contributed by atoms with Crippen LogP contribution >= 0.6 is 0 Å². The van der Waals surface area contributed by atoms with E-state index in [1.54, 1.807) is 0 Å². The summed E-state index contributed by atoms with van der Waals surface area (Å²) in [6, 6.07) is 1.60. The van der Waals surface area contributed by atoms with Crippen LogP contribution in [-0.4, -0.2) is 49.2 Å². The van der Waals surface area contributed by atoms with Gasteiger partial charge in [-0.25, -0.2) is 0 Å². The number of nitrogens with one attached hydrogen (secondary N) is 1. The van der Waals surface area contributed by atoms with Gasteiger partial charge in [0.25, 0.3) is 0 Å². The molecule has 0 aromatic carbocycles. The Morgan fingerprint density at radius 1 is 1.26 bits per heavy atom. The summed E-state index contributed by atoms with van der Waals surface area (Å²) >= 11 is 0. The van der Waals surface area contributed by atoms with E-state index in [9.17, 15) is 4.79 Å². The van der Waals surface area contributed by atoms with Crippen molar-refractivity contribution in [3.8, 4) is 0 Å². The van der Waals surface area contributed by atoms with Crippen molar-refractivity contribution >= 4 is 5.97 Å². The van der Waals surface area contributed by atoms with Crippen molar-refractivity contribution in [2.24, 2.45) is 0 Å². The number of ether oxygens (including phenoxy) is 1. The fourth-order valence-corrected chi connectivity index (χ4v) is 3.50. The van der Waals surface area contributed by atoms with Gasteiger partial charge < -0.3 is 10.1 Å². The maximum Gasteiger partial charge on any atom is 0.307 e. The van der Waals surface area contributed by atoms with Crippen LogP contribution in [0, 0.1) is 0 Å². The number of hydrogen-bond donors (Lipinski definition) is 1. The largest absolute Gasteiger partial charge is 0.469 e. The summed E-state index contributed by atoms with van der Waals surface area (Å²) in [6.45, 7) is 4.32. The molecule has 1 N–H and O–H groups in total. The molecule has 1 aliphatic carbocycles. The summed E-state index contributed by atoms with van der Waals surface area (Å²) in [4.78, 5) is 14.1. The zero-order chi connectivity index (χ0) is 13.7. The average molecular weight is 268 g/mol. The van der Waals surface area contributed by atoms with Gasteiger partial charge in [0, 0.05) is 24.7 Å². The van der Waals surface area contributed by atoms with E-state index in [-0.39, 0.29) is 12.0 Å². The Kier molecular flexibility index (Phi) is 5.64. The zero-order valence-corrected chi connectivity index (χ0v) is 12.4. The number of nitrogens with zero attached hydrogens (tertiary/aromatic N) is 1. The third kappa shape index (κ3) is 4.18. The average Bonchev–Trinajstić information content (AvgIpc) is 2.62. The van der Waals surface area contributed by atoms with Gasteiger partial charge in [0.2, 0.25) is 0 Å². The Morgan fingerprint density at radius 3 is 2.68 bits per heavy atom. The first-order chi connectivity index (χ1) is 9.20. The van der Waals surface area contributed by atoms with Crippen molar-refractivity contribution in [3.05, 3.63) is 0 Å². The predicted octanol–water partition coefficient (Wildman–Crippen LogP) is 1.93. The van der Waals surface area contributed by atoms with Gasteiger partial charge in [-0.1, -0.05) is 19.3 Å². The minimum Gasteiger partial charge on any atom is -0.469 e. The standard InChI is InChI=1S/C15H28N2O2/c1-12-8-9-16-13(10-15(18)19-2)11-17(12)14-6-4-3-5-7-14/h12-14,16H,3-11H2,1-2H3. The number of esters is 1. The number of methoxy groups -OCH3 is 1. The number of carbonyl (C=O) groups excluding carboxylic acids is 1. The molecule has 0 aromatic heterocycles. The topological polar surface area (TPSA) is 41.6 Å². The highest BCUT2D eigenvalue weighted by molar-refractivity contribution is 5.69. The zero-order valence-electron chi connectivity index (χ0n) is 12.4. The molecule has 0 aromatic rings. The molecule has 2 atom stereocenters. The molecule has 1 saturated carbocycles. The van der Waals surface area contributed by atoms with Gasteiger partial charge in [0.1, 0.15) is 0 Å². The molecule has 1 aliphatic heterocycles. The predicted molar refractivity (Wildman–Crippen MR) is 76.1 cm³/mol. The van der Waals surface area contributed by atoms with Crippen LogP contribution in [0.1, 0.15) is 51.9 Å². The summed E-state index contributed by atoms with van der Waals surface area (Å²) in [5.74, 6) is -0.101. The summed E-state index contributed by atoms with van der Waals surface area (Å²) < 4.78 is 4.80. The van der Waals surface area contributed by atoms with Crippen LogP contribution in [0.3, 0.4) is 0 Å². The van der Waals surface area contributed by atoms with Gasteiger partial charge in [0.05, 0.1) is 13.5 Å². The minimum absolute atomic E-state index is 0.101. The molecule has 4 nitrogen and oxygen atoms in total. The van der Waals surface area contributed by atoms with Crippen molar-refractivity contribution in [1.29, 1.82) is 0 Å². The molecule has 2 rings (SSSR count). The van der Waals surface area contributed by atoms with Gasteiger partial charge in [-0.05, 0) is 32.7 Å². The minimum atomic E-state index is -0.101. The van der Waals surface area contributed by atoms with Crippen molar-refractivity contribution in [1.82, 2.24) is 10.2 Å². The summed E-state index contributed by atoms with van der Waals surface area (Å²) in [7, 11) is 1.47. The molecule has 2 aliphatic rings. The third-order valence-corrected chi connectivity index (χ3v) is 4.68. The molecule has 110 valence electrons. The maximum atomic E-state index is 11.5. The second kappa shape index (κ2) is 7.25. The van der Waals surface area contributed by atoms with Gasteiger partial charge in [-0.3, -0.25) is 9.69 Å². The third-order valence-electron chi connectivity index (χ3n) is 4.68. The van der Waals surface area contributed by atoms with Crippen LogP contribution in [0.4, 0.5) is 0 Å². The number of rotatable bonds is 3. The first kappa shape index (κ1) is 14.8.